The van der Waals surface area contributed by atoms with E-state index in [2.05, 4.69) is 4.90 Å². The molecule has 0 bridgehead atoms. The summed E-state index contributed by atoms with van der Waals surface area (Å²) in [6.45, 7) is 3.15. The van der Waals surface area contributed by atoms with Crippen LogP contribution in [-0.4, -0.2) is 50.0 Å². The van der Waals surface area contributed by atoms with Crippen molar-refractivity contribution in [3.05, 3.63) is 0 Å². The van der Waals surface area contributed by atoms with E-state index >= 15 is 0 Å². The number of hydrogen-bond donors (Lipinski definition) is 1. The molecule has 0 aromatic carbocycles. The third kappa shape index (κ3) is 3.59. The lowest BCUT2D eigenvalue weighted by Crippen LogP contribution is -2.48. The molecule has 6 heteroatoms. The van der Waals surface area contributed by atoms with Gasteiger partial charge in [-0.05, 0) is 32.4 Å². The maximum atomic E-state index is 12.5. The van der Waals surface area contributed by atoms with Crippen LogP contribution in [0.25, 0.3) is 0 Å². The number of halogens is 3. The average Bonchev–Trinajstić information content (AvgIpc) is 2.32. The standard InChI is InChI=1S/C12H21F3N2O/c13-12(14,15)10-1-4-17(5-2-10)7-9-8-18-6-3-11(9)16/h9-11H,1-8,16H2. The van der Waals surface area contributed by atoms with E-state index in [1.807, 2.05) is 0 Å². The molecular weight excluding hydrogens is 245 g/mol. The number of likely N-dealkylation sites (tertiary alicyclic amines) is 1. The number of rotatable bonds is 2. The molecule has 2 heterocycles. The molecule has 2 aliphatic rings. The molecule has 0 aromatic rings. The monoisotopic (exact) mass is 266 g/mol. The maximum Gasteiger partial charge on any atom is 0.391 e. The van der Waals surface area contributed by atoms with Crippen LogP contribution >= 0.6 is 0 Å². The molecule has 0 aliphatic carbocycles. The largest absolute Gasteiger partial charge is 0.391 e. The molecule has 0 saturated carbocycles. The van der Waals surface area contributed by atoms with Gasteiger partial charge in [-0.15, -0.1) is 0 Å². The van der Waals surface area contributed by atoms with Crippen LogP contribution in [0.2, 0.25) is 0 Å². The summed E-state index contributed by atoms with van der Waals surface area (Å²) in [4.78, 5) is 2.10. The van der Waals surface area contributed by atoms with Gasteiger partial charge in [-0.3, -0.25) is 0 Å². The third-order valence-electron chi connectivity index (χ3n) is 4.08. The van der Waals surface area contributed by atoms with Crippen molar-refractivity contribution < 1.29 is 17.9 Å². The first kappa shape index (κ1) is 14.1. The van der Waals surface area contributed by atoms with Crippen molar-refractivity contribution in [2.75, 3.05) is 32.8 Å². The minimum absolute atomic E-state index is 0.124. The Balaban J connectivity index is 1.76. The molecule has 0 radical (unpaired) electrons. The molecule has 0 spiro atoms. The van der Waals surface area contributed by atoms with Crippen molar-refractivity contribution in [2.45, 2.75) is 31.5 Å². The zero-order valence-electron chi connectivity index (χ0n) is 10.5. The lowest BCUT2D eigenvalue weighted by atomic mass is 9.92. The number of hydrogen-bond acceptors (Lipinski definition) is 3. The van der Waals surface area contributed by atoms with Gasteiger partial charge in [-0.25, -0.2) is 0 Å². The zero-order valence-corrected chi connectivity index (χ0v) is 10.5. The van der Waals surface area contributed by atoms with Crippen LogP contribution in [-0.2, 0) is 4.74 Å². The smallest absolute Gasteiger partial charge is 0.381 e. The van der Waals surface area contributed by atoms with Crippen LogP contribution in [0.5, 0.6) is 0 Å². The first-order valence-corrected chi connectivity index (χ1v) is 6.59. The topological polar surface area (TPSA) is 38.5 Å². The Kier molecular flexibility index (Phi) is 4.50. The van der Waals surface area contributed by atoms with E-state index in [1.165, 1.54) is 0 Å². The van der Waals surface area contributed by atoms with Crippen LogP contribution in [0.3, 0.4) is 0 Å². The summed E-state index contributed by atoms with van der Waals surface area (Å²) in [5.74, 6) is -0.855. The molecule has 3 nitrogen and oxygen atoms in total. The van der Waals surface area contributed by atoms with Crippen molar-refractivity contribution in [2.24, 2.45) is 17.6 Å². The predicted octanol–water partition coefficient (Wildman–Crippen LogP) is 1.62. The minimum Gasteiger partial charge on any atom is -0.381 e. The van der Waals surface area contributed by atoms with Gasteiger partial charge in [-0.2, -0.15) is 13.2 Å². The molecule has 2 fully saturated rings. The van der Waals surface area contributed by atoms with Gasteiger partial charge < -0.3 is 15.4 Å². The van der Waals surface area contributed by atoms with Gasteiger partial charge in [0.1, 0.15) is 0 Å². The first-order valence-electron chi connectivity index (χ1n) is 6.59. The van der Waals surface area contributed by atoms with E-state index in [-0.39, 0.29) is 24.8 Å². The van der Waals surface area contributed by atoms with Crippen molar-refractivity contribution in [1.29, 1.82) is 0 Å². The quantitative estimate of drug-likeness (QED) is 0.825. The second-order valence-corrected chi connectivity index (χ2v) is 5.40. The fourth-order valence-electron chi connectivity index (χ4n) is 2.78. The number of nitrogens with zero attached hydrogens (tertiary/aromatic N) is 1. The van der Waals surface area contributed by atoms with Gasteiger partial charge >= 0.3 is 6.18 Å². The van der Waals surface area contributed by atoms with Gasteiger partial charge in [0.05, 0.1) is 12.5 Å². The van der Waals surface area contributed by atoms with Crippen molar-refractivity contribution in [3.63, 3.8) is 0 Å². The Morgan fingerprint density at radius 1 is 1.17 bits per heavy atom. The van der Waals surface area contributed by atoms with E-state index in [4.69, 9.17) is 10.5 Å². The van der Waals surface area contributed by atoms with Gasteiger partial charge in [-0.1, -0.05) is 0 Å². The number of ether oxygens (including phenoxy) is 1. The summed E-state index contributed by atoms with van der Waals surface area (Å²) in [6, 6.07) is 0.124. The lowest BCUT2D eigenvalue weighted by Gasteiger charge is -2.37. The van der Waals surface area contributed by atoms with Crippen molar-refractivity contribution >= 4 is 0 Å². The molecule has 2 rings (SSSR count). The summed E-state index contributed by atoms with van der Waals surface area (Å²) in [7, 11) is 0. The Hall–Kier alpha value is -0.330. The molecule has 2 aliphatic heterocycles. The fraction of sp³-hybridized carbons (Fsp3) is 1.00. The normalized spacial score (nSPS) is 32.7. The van der Waals surface area contributed by atoms with E-state index in [0.717, 1.165) is 13.0 Å². The molecule has 2 atom stereocenters. The fourth-order valence-corrected chi connectivity index (χ4v) is 2.78. The Morgan fingerprint density at radius 3 is 2.39 bits per heavy atom. The molecule has 2 saturated heterocycles. The van der Waals surface area contributed by atoms with Gasteiger partial charge in [0, 0.05) is 25.1 Å². The Bertz CT molecular complexity index is 265. The summed E-state index contributed by atoms with van der Waals surface area (Å²) >= 11 is 0. The van der Waals surface area contributed by atoms with Gasteiger partial charge in [0.15, 0.2) is 0 Å². The maximum absolute atomic E-state index is 12.5. The molecule has 2 N–H and O–H groups in total. The highest BCUT2D eigenvalue weighted by Gasteiger charge is 2.41. The second-order valence-electron chi connectivity index (χ2n) is 5.40. The third-order valence-corrected chi connectivity index (χ3v) is 4.08. The predicted molar refractivity (Wildman–Crippen MR) is 62.1 cm³/mol. The van der Waals surface area contributed by atoms with Crippen molar-refractivity contribution in [1.82, 2.24) is 4.90 Å². The summed E-state index contributed by atoms with van der Waals surface area (Å²) in [5.41, 5.74) is 6.01. The first-order chi connectivity index (χ1) is 8.47. The zero-order chi connectivity index (χ0) is 13.2. The average molecular weight is 266 g/mol. The minimum atomic E-state index is -4.03. The van der Waals surface area contributed by atoms with Crippen LogP contribution in [0.1, 0.15) is 19.3 Å². The molecular formula is C12H21F3N2O. The van der Waals surface area contributed by atoms with E-state index in [0.29, 0.717) is 26.3 Å². The van der Waals surface area contributed by atoms with Crippen LogP contribution in [0.15, 0.2) is 0 Å². The van der Waals surface area contributed by atoms with Crippen LogP contribution < -0.4 is 5.73 Å². The molecule has 0 amide bonds. The number of nitrogens with two attached hydrogens (primary N) is 1. The van der Waals surface area contributed by atoms with E-state index < -0.39 is 12.1 Å². The molecule has 18 heavy (non-hydrogen) atoms. The highest BCUT2D eigenvalue weighted by molar-refractivity contribution is 4.83. The van der Waals surface area contributed by atoms with Crippen molar-refractivity contribution in [3.8, 4) is 0 Å². The molecule has 0 aromatic heterocycles. The lowest BCUT2D eigenvalue weighted by molar-refractivity contribution is -0.185. The van der Waals surface area contributed by atoms with Crippen LogP contribution in [0, 0.1) is 11.8 Å². The second kappa shape index (κ2) is 5.75. The highest BCUT2D eigenvalue weighted by atomic mass is 19.4. The highest BCUT2D eigenvalue weighted by Crippen LogP contribution is 2.34. The summed E-state index contributed by atoms with van der Waals surface area (Å²) < 4.78 is 43.0. The summed E-state index contributed by atoms with van der Waals surface area (Å²) in [5, 5.41) is 0. The Morgan fingerprint density at radius 2 is 1.83 bits per heavy atom. The van der Waals surface area contributed by atoms with Crippen LogP contribution in [0.4, 0.5) is 13.2 Å². The molecule has 2 unspecified atom stereocenters. The SMILES string of the molecule is NC1CCOCC1CN1CCC(C(F)(F)F)CC1. The van der Waals surface area contributed by atoms with E-state index in [9.17, 15) is 13.2 Å². The van der Waals surface area contributed by atoms with Gasteiger partial charge in [0.2, 0.25) is 0 Å². The summed E-state index contributed by atoms with van der Waals surface area (Å²) in [6.07, 6.45) is -2.75. The van der Waals surface area contributed by atoms with E-state index in [1.54, 1.807) is 0 Å². The van der Waals surface area contributed by atoms with Gasteiger partial charge in [0.25, 0.3) is 0 Å². The number of piperidine rings is 1. The Labute approximate surface area is 105 Å². The number of alkyl halides is 3. The molecule has 106 valence electrons.